The van der Waals surface area contributed by atoms with Gasteiger partial charge in [-0.15, -0.1) is 4.67 Å². The van der Waals surface area contributed by atoms with Gasteiger partial charge in [-0.2, -0.15) is 0 Å². The Bertz CT molecular complexity index is 2810. The highest BCUT2D eigenvalue weighted by Gasteiger charge is 2.15. The zero-order chi connectivity index (χ0) is 35.1. The predicted octanol–water partition coefficient (Wildman–Crippen LogP) is 10.1. The Balaban J connectivity index is 1.12. The van der Waals surface area contributed by atoms with E-state index in [1.807, 2.05) is 67.5 Å². The van der Waals surface area contributed by atoms with Crippen LogP contribution in [-0.4, -0.2) is 37.3 Å². The maximum Gasteiger partial charge on any atom is 0.302 e. The minimum Gasteiger partial charge on any atom is -0.264 e. The Morgan fingerprint density at radius 2 is 0.792 bits per heavy atom. The molecule has 5 aromatic heterocycles. The van der Waals surface area contributed by atoms with E-state index in [9.17, 15) is 0 Å². The van der Waals surface area contributed by atoms with Crippen molar-refractivity contribution in [3.63, 3.8) is 0 Å². The summed E-state index contributed by atoms with van der Waals surface area (Å²) in [7, 11) is 0. The van der Waals surface area contributed by atoms with E-state index in [0.29, 0.717) is 0 Å². The Labute approximate surface area is 305 Å². The summed E-state index contributed by atoms with van der Waals surface area (Å²) in [6.07, 6.45) is 18.7. The van der Waals surface area contributed by atoms with Crippen LogP contribution < -0.4 is 4.67 Å². The van der Waals surface area contributed by atoms with Crippen molar-refractivity contribution in [3.05, 3.63) is 170 Å². The second-order valence-corrected chi connectivity index (χ2v) is 13.1. The van der Waals surface area contributed by atoms with Gasteiger partial charge in [0.25, 0.3) is 6.21 Å². The molecule has 246 valence electrons. The van der Waals surface area contributed by atoms with Crippen molar-refractivity contribution < 1.29 is 0 Å². The first-order valence-corrected chi connectivity index (χ1v) is 17.5. The molecule has 0 bridgehead atoms. The molecule has 6 heterocycles. The molecule has 10 rings (SSSR count). The molecule has 0 aliphatic carbocycles. The van der Waals surface area contributed by atoms with E-state index < -0.39 is 0 Å². The van der Waals surface area contributed by atoms with E-state index in [-0.39, 0.29) is 0 Å². The lowest BCUT2D eigenvalue weighted by molar-refractivity contribution is 1.28. The van der Waals surface area contributed by atoms with Crippen LogP contribution in [-0.2, 0) is 0 Å². The molecule has 0 saturated heterocycles. The first kappa shape index (κ1) is 30.4. The minimum absolute atomic E-state index is 0.899. The molecule has 53 heavy (non-hydrogen) atoms. The Morgan fingerprint density at radius 1 is 0.358 bits per heavy atom. The summed E-state index contributed by atoms with van der Waals surface area (Å²) in [5.41, 5.74) is 12.2. The lowest BCUT2D eigenvalue weighted by atomic mass is 9.89. The number of fused-ring (bicyclic) bond motifs is 6. The number of aromatic nitrogens is 5. The SMILES string of the molecule is C1=[N+]=CC(c2ccc(-c3ccc4c(c3)c3ccc(-c5ccc(-c6cccnc6)nc5)cc3c3ccc(-c5ccc(-c6cccnc6)nc5)cc43)cn2)=C1. The number of hydrogen-bond acceptors (Lipinski definition) is 5. The van der Waals surface area contributed by atoms with Crippen molar-refractivity contribution in [2.45, 2.75) is 0 Å². The standard InChI is InChI=1S/C47H29N6/c1-3-36(24-48-18-1)45-14-8-33(27-51-45)30-5-11-39-42-21-31(34-9-15-46(52-28-34)37-4-2-19-49-25-37)6-12-40(42)44-23-32(7-13-41(44)43(39)22-30)35-10-16-47(53-29-35)38-17-20-50-26-38/h1-29H/q+1. The first-order chi connectivity index (χ1) is 26.2. The summed E-state index contributed by atoms with van der Waals surface area (Å²) in [5.74, 6) is 0. The summed E-state index contributed by atoms with van der Waals surface area (Å²) < 4.78 is 4.20. The molecule has 0 radical (unpaired) electrons. The van der Waals surface area contributed by atoms with Gasteiger partial charge in [-0.25, -0.2) is 0 Å². The summed E-state index contributed by atoms with van der Waals surface area (Å²) in [6.45, 7) is 0. The number of pyridine rings is 5. The highest BCUT2D eigenvalue weighted by atomic mass is 14.7. The molecule has 0 atom stereocenters. The molecule has 9 aromatic rings. The quantitative estimate of drug-likeness (QED) is 0.129. The molecular formula is C47H29N6+. The van der Waals surface area contributed by atoms with Gasteiger partial charge in [0.2, 0.25) is 0 Å². The van der Waals surface area contributed by atoms with Crippen molar-refractivity contribution in [2.24, 2.45) is 0 Å². The van der Waals surface area contributed by atoms with Crippen LogP contribution in [0.3, 0.4) is 0 Å². The molecule has 0 fully saturated rings. The third-order valence-electron chi connectivity index (χ3n) is 9.98. The second kappa shape index (κ2) is 12.7. The van der Waals surface area contributed by atoms with E-state index in [1.54, 1.807) is 18.6 Å². The van der Waals surface area contributed by atoms with Gasteiger partial charge in [0.05, 0.1) is 22.7 Å². The number of hydrogen-bond donors (Lipinski definition) is 0. The fourth-order valence-corrected chi connectivity index (χ4v) is 7.22. The van der Waals surface area contributed by atoms with Crippen molar-refractivity contribution in [3.8, 4) is 55.9 Å². The largest absolute Gasteiger partial charge is 0.302 e. The third kappa shape index (κ3) is 5.56. The van der Waals surface area contributed by atoms with Crippen LogP contribution in [0.1, 0.15) is 5.69 Å². The normalized spacial score (nSPS) is 12.2. The fourth-order valence-electron chi connectivity index (χ4n) is 7.22. The second-order valence-electron chi connectivity index (χ2n) is 13.1. The highest BCUT2D eigenvalue weighted by Crippen LogP contribution is 2.40. The first-order valence-electron chi connectivity index (χ1n) is 17.5. The molecule has 0 saturated carbocycles. The van der Waals surface area contributed by atoms with Gasteiger partial charge in [0.1, 0.15) is 0 Å². The van der Waals surface area contributed by atoms with Crippen molar-refractivity contribution in [1.29, 1.82) is 0 Å². The van der Waals surface area contributed by atoms with Crippen LogP contribution in [0.2, 0.25) is 0 Å². The van der Waals surface area contributed by atoms with Gasteiger partial charge in [0.15, 0.2) is 0 Å². The topological polar surface area (TPSA) is 78.5 Å². The number of allylic oxidation sites excluding steroid dienone is 2. The zero-order valence-electron chi connectivity index (χ0n) is 28.4. The molecular weight excluding hydrogens is 649 g/mol. The van der Waals surface area contributed by atoms with E-state index in [2.05, 4.69) is 106 Å². The Morgan fingerprint density at radius 3 is 1.15 bits per heavy atom. The van der Waals surface area contributed by atoms with Gasteiger partial charge in [-0.05, 0) is 110 Å². The number of benzene rings is 4. The number of rotatable bonds is 6. The molecule has 1 aliphatic rings. The van der Waals surface area contributed by atoms with Crippen molar-refractivity contribution >= 4 is 50.3 Å². The maximum atomic E-state index is 4.80. The average molecular weight is 678 g/mol. The van der Waals surface area contributed by atoms with Gasteiger partial charge in [-0.3, -0.25) is 24.9 Å². The van der Waals surface area contributed by atoms with Gasteiger partial charge in [0, 0.05) is 77.3 Å². The number of nitrogens with zero attached hydrogens (tertiary/aromatic N) is 6. The summed E-state index contributed by atoms with van der Waals surface area (Å²) in [5, 5.41) is 7.15. The monoisotopic (exact) mass is 677 g/mol. The van der Waals surface area contributed by atoms with Crippen LogP contribution in [0.25, 0.3) is 93.8 Å². The Hall–Kier alpha value is -7.40. The van der Waals surface area contributed by atoms with E-state index in [0.717, 1.165) is 67.2 Å². The van der Waals surface area contributed by atoms with Crippen LogP contribution >= 0.6 is 0 Å². The summed E-state index contributed by atoms with van der Waals surface area (Å²) in [4.78, 5) is 22.9. The molecule has 0 amide bonds. The van der Waals surface area contributed by atoms with Gasteiger partial charge >= 0.3 is 6.21 Å². The van der Waals surface area contributed by atoms with Gasteiger partial charge < -0.3 is 0 Å². The van der Waals surface area contributed by atoms with Crippen molar-refractivity contribution in [1.82, 2.24) is 29.6 Å². The predicted molar refractivity (Wildman–Crippen MR) is 217 cm³/mol. The lowest BCUT2D eigenvalue weighted by Gasteiger charge is -2.15. The van der Waals surface area contributed by atoms with Crippen LogP contribution in [0.5, 0.6) is 0 Å². The molecule has 6 heteroatoms. The maximum absolute atomic E-state index is 4.80. The highest BCUT2D eigenvalue weighted by molar-refractivity contribution is 6.26. The van der Waals surface area contributed by atoms with E-state index in [4.69, 9.17) is 15.0 Å². The zero-order valence-corrected chi connectivity index (χ0v) is 28.4. The summed E-state index contributed by atoms with van der Waals surface area (Å²) >= 11 is 0. The van der Waals surface area contributed by atoms with Crippen LogP contribution in [0.15, 0.2) is 165 Å². The summed E-state index contributed by atoms with van der Waals surface area (Å²) in [6, 6.07) is 40.8. The van der Waals surface area contributed by atoms with Crippen LogP contribution in [0, 0.1) is 0 Å². The smallest absolute Gasteiger partial charge is 0.264 e. The van der Waals surface area contributed by atoms with E-state index >= 15 is 0 Å². The Kier molecular flexibility index (Phi) is 7.31. The molecule has 6 nitrogen and oxygen atoms in total. The molecule has 4 aromatic carbocycles. The molecule has 0 N–H and O–H groups in total. The molecule has 0 unspecified atom stereocenters. The lowest BCUT2D eigenvalue weighted by Crippen LogP contribution is -1.91. The molecule has 0 spiro atoms. The fraction of sp³-hybridized carbons (Fsp3) is 0. The minimum atomic E-state index is 0.899. The van der Waals surface area contributed by atoms with Gasteiger partial charge in [-0.1, -0.05) is 54.6 Å². The molecule has 1 aliphatic heterocycles. The van der Waals surface area contributed by atoms with Crippen LogP contribution in [0.4, 0.5) is 0 Å². The van der Waals surface area contributed by atoms with E-state index in [1.165, 1.54) is 32.3 Å². The third-order valence-corrected chi connectivity index (χ3v) is 9.98. The average Bonchev–Trinajstić information content (AvgIpc) is 3.80. The van der Waals surface area contributed by atoms with Crippen molar-refractivity contribution in [2.75, 3.05) is 0 Å².